The van der Waals surface area contributed by atoms with Crippen molar-refractivity contribution in [3.05, 3.63) is 58.3 Å². The van der Waals surface area contributed by atoms with E-state index >= 15 is 0 Å². The molecule has 0 aliphatic heterocycles. The molecular weight excluding hydrogens is 218 g/mol. The molecule has 0 aliphatic rings. The number of rotatable bonds is 4. The van der Waals surface area contributed by atoms with Gasteiger partial charge in [-0.2, -0.15) is 0 Å². The van der Waals surface area contributed by atoms with Crippen LogP contribution in [-0.2, 0) is 6.42 Å². The lowest BCUT2D eigenvalue weighted by atomic mass is 10.0. The van der Waals surface area contributed by atoms with Crippen molar-refractivity contribution in [2.75, 3.05) is 0 Å². The van der Waals surface area contributed by atoms with E-state index in [0.29, 0.717) is 6.42 Å². The number of Topliss-reactive ketones (excluding diaryl/α,β-unsaturated/α-hetero) is 1. The molecule has 82 valence electrons. The van der Waals surface area contributed by atoms with Crippen molar-refractivity contribution in [2.45, 2.75) is 12.5 Å². The molecule has 1 unspecified atom stereocenters. The van der Waals surface area contributed by atoms with Crippen molar-refractivity contribution in [2.24, 2.45) is 5.73 Å². The largest absolute Gasteiger partial charge is 0.321 e. The Balaban J connectivity index is 2.04. The third-order valence-corrected chi connectivity index (χ3v) is 3.28. The minimum atomic E-state index is -0.443. The van der Waals surface area contributed by atoms with Gasteiger partial charge in [-0.1, -0.05) is 36.4 Å². The maximum absolute atomic E-state index is 11.9. The number of benzene rings is 1. The Morgan fingerprint density at radius 1 is 1.19 bits per heavy atom. The fraction of sp³-hybridized carbons (Fsp3) is 0.154. The molecular formula is C13H13NOS. The summed E-state index contributed by atoms with van der Waals surface area (Å²) in [5.41, 5.74) is 6.99. The van der Waals surface area contributed by atoms with Crippen LogP contribution in [0.4, 0.5) is 0 Å². The van der Waals surface area contributed by atoms with E-state index in [1.165, 1.54) is 11.3 Å². The fourth-order valence-corrected chi connectivity index (χ4v) is 2.29. The molecule has 0 bridgehead atoms. The van der Waals surface area contributed by atoms with E-state index in [4.69, 9.17) is 5.73 Å². The van der Waals surface area contributed by atoms with Crippen molar-refractivity contribution in [1.29, 1.82) is 0 Å². The lowest BCUT2D eigenvalue weighted by molar-refractivity contribution is 0.0965. The SMILES string of the molecule is NC(Cc1ccccc1)C(=O)c1cccs1. The molecule has 3 heteroatoms. The fourth-order valence-electron chi connectivity index (χ4n) is 1.56. The number of thiophene rings is 1. The highest BCUT2D eigenvalue weighted by molar-refractivity contribution is 7.12. The lowest BCUT2D eigenvalue weighted by Gasteiger charge is -2.08. The van der Waals surface area contributed by atoms with Crippen LogP contribution < -0.4 is 5.73 Å². The third-order valence-electron chi connectivity index (χ3n) is 2.40. The highest BCUT2D eigenvalue weighted by atomic mass is 32.1. The average molecular weight is 231 g/mol. The number of ketones is 1. The molecule has 0 amide bonds. The molecule has 2 aromatic rings. The summed E-state index contributed by atoms with van der Waals surface area (Å²) in [5.74, 6) is 0.0267. The minimum Gasteiger partial charge on any atom is -0.321 e. The molecule has 2 N–H and O–H groups in total. The van der Waals surface area contributed by atoms with Gasteiger partial charge in [-0.05, 0) is 23.4 Å². The molecule has 2 nitrogen and oxygen atoms in total. The zero-order chi connectivity index (χ0) is 11.4. The first-order valence-electron chi connectivity index (χ1n) is 5.14. The second-order valence-electron chi connectivity index (χ2n) is 3.64. The zero-order valence-corrected chi connectivity index (χ0v) is 9.61. The minimum absolute atomic E-state index is 0.0267. The van der Waals surface area contributed by atoms with Gasteiger partial charge in [-0.25, -0.2) is 0 Å². The Bertz CT molecular complexity index is 450. The predicted molar refractivity (Wildman–Crippen MR) is 66.8 cm³/mol. The number of nitrogens with two attached hydrogens (primary N) is 1. The lowest BCUT2D eigenvalue weighted by Crippen LogP contribution is -2.32. The number of carbonyl (C=O) groups excluding carboxylic acids is 1. The van der Waals surface area contributed by atoms with Crippen LogP contribution in [0.2, 0.25) is 0 Å². The Morgan fingerprint density at radius 2 is 1.94 bits per heavy atom. The van der Waals surface area contributed by atoms with E-state index in [-0.39, 0.29) is 5.78 Å². The summed E-state index contributed by atoms with van der Waals surface area (Å²) in [6.45, 7) is 0. The number of hydrogen-bond acceptors (Lipinski definition) is 3. The summed E-state index contributed by atoms with van der Waals surface area (Å²) in [7, 11) is 0. The molecule has 0 saturated heterocycles. The van der Waals surface area contributed by atoms with Gasteiger partial charge in [-0.3, -0.25) is 4.79 Å². The predicted octanol–water partition coefficient (Wildman–Crippen LogP) is 2.50. The Labute approximate surface area is 98.7 Å². The van der Waals surface area contributed by atoms with Crippen LogP contribution in [0.5, 0.6) is 0 Å². The summed E-state index contributed by atoms with van der Waals surface area (Å²) in [6.07, 6.45) is 0.595. The van der Waals surface area contributed by atoms with Crippen LogP contribution in [0.15, 0.2) is 47.8 Å². The summed E-state index contributed by atoms with van der Waals surface area (Å²) in [4.78, 5) is 12.6. The van der Waals surface area contributed by atoms with Gasteiger partial charge in [0.2, 0.25) is 0 Å². The van der Waals surface area contributed by atoms with Crippen LogP contribution >= 0.6 is 11.3 Å². The average Bonchev–Trinajstić information content (AvgIpc) is 2.83. The maximum Gasteiger partial charge on any atom is 0.189 e. The van der Waals surface area contributed by atoms with Gasteiger partial charge < -0.3 is 5.73 Å². The second-order valence-corrected chi connectivity index (χ2v) is 4.59. The van der Waals surface area contributed by atoms with Crippen LogP contribution in [0.1, 0.15) is 15.2 Å². The standard InChI is InChI=1S/C13H13NOS/c14-11(9-10-5-2-1-3-6-10)13(15)12-7-4-8-16-12/h1-8,11H,9,14H2. The van der Waals surface area contributed by atoms with Crippen LogP contribution in [0, 0.1) is 0 Å². The van der Waals surface area contributed by atoms with E-state index in [1.54, 1.807) is 0 Å². The van der Waals surface area contributed by atoms with Crippen molar-refractivity contribution >= 4 is 17.1 Å². The Kier molecular flexibility index (Phi) is 3.49. The molecule has 1 heterocycles. The summed E-state index contributed by atoms with van der Waals surface area (Å²) in [6, 6.07) is 13.1. The van der Waals surface area contributed by atoms with E-state index in [9.17, 15) is 4.79 Å². The first-order valence-corrected chi connectivity index (χ1v) is 6.02. The normalized spacial score (nSPS) is 12.3. The van der Waals surface area contributed by atoms with Gasteiger partial charge >= 0.3 is 0 Å². The quantitative estimate of drug-likeness (QED) is 0.821. The molecule has 0 spiro atoms. The van der Waals surface area contributed by atoms with Crippen molar-refractivity contribution in [3.8, 4) is 0 Å². The molecule has 1 aromatic carbocycles. The topological polar surface area (TPSA) is 43.1 Å². The van der Waals surface area contributed by atoms with Gasteiger partial charge in [0.1, 0.15) is 0 Å². The molecule has 1 atom stereocenters. The summed E-state index contributed by atoms with van der Waals surface area (Å²) < 4.78 is 0. The molecule has 16 heavy (non-hydrogen) atoms. The molecule has 0 radical (unpaired) electrons. The second kappa shape index (κ2) is 5.05. The van der Waals surface area contributed by atoms with Crippen LogP contribution in [0.3, 0.4) is 0 Å². The smallest absolute Gasteiger partial charge is 0.189 e. The van der Waals surface area contributed by atoms with E-state index in [0.717, 1.165) is 10.4 Å². The third kappa shape index (κ3) is 2.56. The van der Waals surface area contributed by atoms with Gasteiger partial charge in [0.25, 0.3) is 0 Å². The molecule has 2 rings (SSSR count). The first-order chi connectivity index (χ1) is 7.77. The summed E-state index contributed by atoms with van der Waals surface area (Å²) in [5, 5.41) is 1.89. The van der Waals surface area contributed by atoms with E-state index in [1.807, 2.05) is 47.8 Å². The molecule has 1 aromatic heterocycles. The van der Waals surface area contributed by atoms with Gasteiger partial charge in [0.05, 0.1) is 10.9 Å². The number of hydrogen-bond donors (Lipinski definition) is 1. The zero-order valence-electron chi connectivity index (χ0n) is 8.80. The maximum atomic E-state index is 11.9. The molecule has 0 aliphatic carbocycles. The van der Waals surface area contributed by atoms with Gasteiger partial charge in [-0.15, -0.1) is 11.3 Å². The van der Waals surface area contributed by atoms with Gasteiger partial charge in [0, 0.05) is 0 Å². The highest BCUT2D eigenvalue weighted by Gasteiger charge is 2.16. The monoisotopic (exact) mass is 231 g/mol. The molecule has 0 fully saturated rings. The Hall–Kier alpha value is -1.45. The van der Waals surface area contributed by atoms with E-state index in [2.05, 4.69) is 0 Å². The van der Waals surface area contributed by atoms with E-state index < -0.39 is 6.04 Å². The summed E-state index contributed by atoms with van der Waals surface area (Å²) >= 11 is 1.44. The van der Waals surface area contributed by atoms with Crippen LogP contribution in [-0.4, -0.2) is 11.8 Å². The van der Waals surface area contributed by atoms with Crippen molar-refractivity contribution in [3.63, 3.8) is 0 Å². The van der Waals surface area contributed by atoms with Crippen molar-refractivity contribution in [1.82, 2.24) is 0 Å². The number of carbonyl (C=O) groups is 1. The highest BCUT2D eigenvalue weighted by Crippen LogP contribution is 2.12. The van der Waals surface area contributed by atoms with Crippen molar-refractivity contribution < 1.29 is 4.79 Å². The molecule has 0 saturated carbocycles. The van der Waals surface area contributed by atoms with Crippen LogP contribution in [0.25, 0.3) is 0 Å². The first kappa shape index (κ1) is 11.0. The Morgan fingerprint density at radius 3 is 2.56 bits per heavy atom. The van der Waals surface area contributed by atoms with Gasteiger partial charge in [0.15, 0.2) is 5.78 Å².